The zero-order chi connectivity index (χ0) is 17.0. The number of carbonyl (C=O) groups is 2. The summed E-state index contributed by atoms with van der Waals surface area (Å²) in [6, 6.07) is -0.839. The molecule has 4 rings (SSSR count). The third-order valence-corrected chi connectivity index (χ3v) is 6.21. The third-order valence-electron chi connectivity index (χ3n) is 5.25. The van der Waals surface area contributed by atoms with Crippen molar-refractivity contribution in [3.63, 3.8) is 0 Å². The minimum Gasteiger partial charge on any atom is -0.480 e. The third kappa shape index (κ3) is 2.09. The highest BCUT2D eigenvalue weighted by molar-refractivity contribution is 7.15. The number of aryl methyl sites for hydroxylation is 1. The van der Waals surface area contributed by atoms with Crippen LogP contribution in [0.3, 0.4) is 0 Å². The predicted octanol–water partition coefficient (Wildman–Crippen LogP) is 1.39. The number of aliphatic carboxylic acids is 1. The van der Waals surface area contributed by atoms with Crippen LogP contribution < -0.4 is 5.56 Å². The van der Waals surface area contributed by atoms with Crippen molar-refractivity contribution in [3.8, 4) is 0 Å². The fourth-order valence-electron chi connectivity index (χ4n) is 4.16. The molecular formula is C16H17N3O4S. The second-order valence-electron chi connectivity index (χ2n) is 6.57. The Hall–Kier alpha value is -2.22. The highest BCUT2D eigenvalue weighted by atomic mass is 32.1. The number of amides is 1. The van der Waals surface area contributed by atoms with Crippen LogP contribution in [0.4, 0.5) is 0 Å². The quantitative estimate of drug-likeness (QED) is 0.886. The molecule has 0 aromatic carbocycles. The molecule has 2 aromatic heterocycles. The summed E-state index contributed by atoms with van der Waals surface area (Å²) < 4.78 is 1.41. The lowest BCUT2D eigenvalue weighted by Gasteiger charge is -2.24. The van der Waals surface area contributed by atoms with Crippen molar-refractivity contribution >= 4 is 28.2 Å². The van der Waals surface area contributed by atoms with E-state index in [0.717, 1.165) is 25.0 Å². The molecule has 126 valence electrons. The van der Waals surface area contributed by atoms with E-state index in [0.29, 0.717) is 11.5 Å². The lowest BCUT2D eigenvalue weighted by molar-refractivity contribution is -0.142. The van der Waals surface area contributed by atoms with Gasteiger partial charge in [0.05, 0.1) is 0 Å². The molecule has 1 amide bonds. The molecular weight excluding hydrogens is 330 g/mol. The largest absolute Gasteiger partial charge is 0.480 e. The zero-order valence-electron chi connectivity index (χ0n) is 13.1. The topological polar surface area (TPSA) is 92.0 Å². The van der Waals surface area contributed by atoms with Gasteiger partial charge in [-0.1, -0.05) is 6.42 Å². The van der Waals surface area contributed by atoms with Crippen LogP contribution in [0, 0.1) is 18.8 Å². The van der Waals surface area contributed by atoms with Gasteiger partial charge in [0.2, 0.25) is 0 Å². The molecule has 1 aliphatic heterocycles. The Kier molecular flexibility index (Phi) is 3.45. The molecule has 1 saturated heterocycles. The maximum atomic E-state index is 12.9. The van der Waals surface area contributed by atoms with Gasteiger partial charge in [-0.15, -0.1) is 11.3 Å². The lowest BCUT2D eigenvalue weighted by Crippen LogP contribution is -2.45. The Morgan fingerprint density at radius 2 is 2.17 bits per heavy atom. The van der Waals surface area contributed by atoms with E-state index in [4.69, 9.17) is 0 Å². The molecule has 3 heterocycles. The lowest BCUT2D eigenvalue weighted by atomic mass is 9.94. The molecule has 8 heteroatoms. The van der Waals surface area contributed by atoms with E-state index < -0.39 is 23.5 Å². The van der Waals surface area contributed by atoms with Crippen molar-refractivity contribution in [2.75, 3.05) is 6.54 Å². The first-order chi connectivity index (χ1) is 11.5. The Morgan fingerprint density at radius 1 is 1.38 bits per heavy atom. The number of nitrogens with zero attached hydrogens (tertiary/aromatic N) is 3. The number of likely N-dealkylation sites (tertiary alicyclic amines) is 1. The van der Waals surface area contributed by atoms with Crippen molar-refractivity contribution in [2.24, 2.45) is 11.8 Å². The van der Waals surface area contributed by atoms with Crippen LogP contribution in [0.25, 0.3) is 4.96 Å². The van der Waals surface area contributed by atoms with E-state index >= 15 is 0 Å². The van der Waals surface area contributed by atoms with Gasteiger partial charge in [-0.2, -0.15) is 0 Å². The van der Waals surface area contributed by atoms with Crippen LogP contribution in [0.2, 0.25) is 0 Å². The first kappa shape index (κ1) is 15.3. The van der Waals surface area contributed by atoms with Crippen LogP contribution in [0.5, 0.6) is 0 Å². The number of aromatic nitrogens is 2. The van der Waals surface area contributed by atoms with Crippen molar-refractivity contribution < 1.29 is 14.7 Å². The molecule has 0 spiro atoms. The Morgan fingerprint density at radius 3 is 2.92 bits per heavy atom. The summed E-state index contributed by atoms with van der Waals surface area (Å²) in [4.78, 5) is 43.4. The number of thiazole rings is 1. The predicted molar refractivity (Wildman–Crippen MR) is 87.4 cm³/mol. The number of fused-ring (bicyclic) bond motifs is 2. The van der Waals surface area contributed by atoms with Gasteiger partial charge in [-0.05, 0) is 31.6 Å². The molecule has 1 saturated carbocycles. The molecule has 3 unspecified atom stereocenters. The summed E-state index contributed by atoms with van der Waals surface area (Å²) in [6.07, 6.45) is 4.05. The molecule has 0 radical (unpaired) electrons. The van der Waals surface area contributed by atoms with Gasteiger partial charge < -0.3 is 10.0 Å². The summed E-state index contributed by atoms with van der Waals surface area (Å²) in [7, 11) is 0. The van der Waals surface area contributed by atoms with Crippen LogP contribution in [0.1, 0.15) is 35.3 Å². The molecule has 1 aliphatic carbocycles. The second-order valence-corrected chi connectivity index (χ2v) is 7.40. The average molecular weight is 347 g/mol. The normalized spacial score (nSPS) is 26.0. The van der Waals surface area contributed by atoms with E-state index in [1.165, 1.54) is 26.8 Å². The van der Waals surface area contributed by atoms with Crippen molar-refractivity contribution in [2.45, 2.75) is 32.2 Å². The van der Waals surface area contributed by atoms with Gasteiger partial charge in [0.25, 0.3) is 11.5 Å². The first-order valence-electron chi connectivity index (χ1n) is 7.98. The molecule has 2 fully saturated rings. The molecule has 2 aromatic rings. The maximum absolute atomic E-state index is 12.9. The van der Waals surface area contributed by atoms with Gasteiger partial charge in [0.15, 0.2) is 4.96 Å². The Labute approximate surface area is 141 Å². The smallest absolute Gasteiger partial charge is 0.326 e. The van der Waals surface area contributed by atoms with Crippen molar-refractivity contribution in [3.05, 3.63) is 33.2 Å². The highest BCUT2D eigenvalue weighted by Gasteiger charge is 2.50. The minimum atomic E-state index is -0.987. The van der Waals surface area contributed by atoms with Crippen molar-refractivity contribution in [1.29, 1.82) is 0 Å². The van der Waals surface area contributed by atoms with E-state index in [2.05, 4.69) is 4.98 Å². The highest BCUT2D eigenvalue weighted by Crippen LogP contribution is 2.42. The van der Waals surface area contributed by atoms with Gasteiger partial charge >= 0.3 is 5.97 Å². The van der Waals surface area contributed by atoms with Gasteiger partial charge in [0, 0.05) is 23.8 Å². The van der Waals surface area contributed by atoms with Crippen LogP contribution in [-0.4, -0.2) is 43.9 Å². The molecule has 7 nitrogen and oxygen atoms in total. The average Bonchev–Trinajstić information content (AvgIpc) is 3.20. The second kappa shape index (κ2) is 5.41. The van der Waals surface area contributed by atoms with E-state index in [1.807, 2.05) is 0 Å². The Balaban J connectivity index is 1.76. The molecule has 2 aliphatic rings. The van der Waals surface area contributed by atoms with Crippen LogP contribution in [-0.2, 0) is 4.79 Å². The van der Waals surface area contributed by atoms with E-state index in [9.17, 15) is 19.5 Å². The number of carboxylic acid groups (broad SMARTS) is 1. The first-order valence-corrected chi connectivity index (χ1v) is 8.86. The maximum Gasteiger partial charge on any atom is 0.326 e. The van der Waals surface area contributed by atoms with Crippen LogP contribution in [0.15, 0.2) is 16.4 Å². The van der Waals surface area contributed by atoms with Crippen LogP contribution >= 0.6 is 11.3 Å². The van der Waals surface area contributed by atoms with E-state index in [-0.39, 0.29) is 17.4 Å². The summed E-state index contributed by atoms with van der Waals surface area (Å²) in [5, 5.41) is 11.4. The number of hydrogen-bond acceptors (Lipinski definition) is 5. The standard InChI is InChI=1S/C16H17N3O4S/c1-8-7-24-16-17-5-11(14(21)19(8)16)13(20)18-6-9-3-2-4-10(9)12(18)15(22)23/h5,7,9-10,12H,2-4,6H2,1H3,(H,22,23). The summed E-state index contributed by atoms with van der Waals surface area (Å²) in [5.74, 6) is -1.29. The SMILES string of the molecule is Cc1csc2ncc(C(=O)N3CC4CCCC4C3C(=O)O)c(=O)n12. The zero-order valence-corrected chi connectivity index (χ0v) is 14.0. The van der Waals surface area contributed by atoms with Gasteiger partial charge in [-0.25, -0.2) is 9.78 Å². The monoisotopic (exact) mass is 347 g/mol. The minimum absolute atomic E-state index is 0.00576. The summed E-state index contributed by atoms with van der Waals surface area (Å²) in [5.41, 5.74) is 0.236. The number of carboxylic acids is 1. The van der Waals surface area contributed by atoms with E-state index in [1.54, 1.807) is 12.3 Å². The molecule has 24 heavy (non-hydrogen) atoms. The summed E-state index contributed by atoms with van der Waals surface area (Å²) >= 11 is 1.33. The fourth-order valence-corrected chi connectivity index (χ4v) is 4.98. The van der Waals surface area contributed by atoms with Gasteiger partial charge in [0.1, 0.15) is 11.6 Å². The van der Waals surface area contributed by atoms with Crippen molar-refractivity contribution in [1.82, 2.24) is 14.3 Å². The summed E-state index contributed by atoms with van der Waals surface area (Å²) in [6.45, 7) is 2.19. The molecule has 1 N–H and O–H groups in total. The Bertz CT molecular complexity index is 902. The number of hydrogen-bond donors (Lipinski definition) is 1. The number of rotatable bonds is 2. The molecule has 0 bridgehead atoms. The fraction of sp³-hybridized carbons (Fsp3) is 0.500. The van der Waals surface area contributed by atoms with Gasteiger partial charge in [-0.3, -0.25) is 14.0 Å². The number of carbonyl (C=O) groups excluding carboxylic acids is 1. The molecule has 3 atom stereocenters.